The van der Waals surface area contributed by atoms with Crippen molar-refractivity contribution in [2.45, 2.75) is 57.2 Å². The van der Waals surface area contributed by atoms with Crippen LogP contribution in [0.15, 0.2) is 29.2 Å². The average Bonchev–Trinajstić information content (AvgIpc) is 2.43. The standard InChI is InChI=1S/C17H28N2O2S/c1-12(11-18-16(20)21-17(3,4)5)19-13(2)14-7-9-15(22-6)10-8-14/h7-10,12-13,19H,11H2,1-6H3,(H,18,20). The zero-order valence-electron chi connectivity index (χ0n) is 14.4. The van der Waals surface area contributed by atoms with E-state index in [9.17, 15) is 4.79 Å². The molecule has 0 aliphatic carbocycles. The number of ether oxygens (including phenoxy) is 1. The molecule has 0 bridgehead atoms. The molecule has 1 aromatic rings. The number of thioether (sulfide) groups is 1. The van der Waals surface area contributed by atoms with Gasteiger partial charge in [0, 0.05) is 23.5 Å². The second-order valence-corrected chi connectivity index (χ2v) is 7.33. The molecule has 0 radical (unpaired) electrons. The van der Waals surface area contributed by atoms with Crippen molar-refractivity contribution in [3.63, 3.8) is 0 Å². The van der Waals surface area contributed by atoms with Crippen LogP contribution in [-0.2, 0) is 4.74 Å². The van der Waals surface area contributed by atoms with Crippen LogP contribution in [0.4, 0.5) is 4.79 Å². The Kier molecular flexibility index (Phi) is 7.23. The van der Waals surface area contributed by atoms with Gasteiger partial charge in [-0.3, -0.25) is 0 Å². The van der Waals surface area contributed by atoms with Gasteiger partial charge in [-0.15, -0.1) is 11.8 Å². The molecule has 0 fully saturated rings. The highest BCUT2D eigenvalue weighted by molar-refractivity contribution is 7.98. The van der Waals surface area contributed by atoms with Crippen molar-refractivity contribution in [2.24, 2.45) is 0 Å². The van der Waals surface area contributed by atoms with E-state index in [4.69, 9.17) is 4.74 Å². The predicted octanol–water partition coefficient (Wildman–Crippen LogP) is 3.97. The maximum Gasteiger partial charge on any atom is 0.407 e. The number of nitrogens with one attached hydrogen (secondary N) is 2. The first-order valence-corrected chi connectivity index (χ1v) is 8.80. The molecule has 1 amide bonds. The molecule has 2 unspecified atom stereocenters. The molecule has 0 aromatic heterocycles. The van der Waals surface area contributed by atoms with Gasteiger partial charge in [-0.25, -0.2) is 4.79 Å². The van der Waals surface area contributed by atoms with Crippen molar-refractivity contribution in [3.05, 3.63) is 29.8 Å². The molecule has 2 N–H and O–H groups in total. The van der Waals surface area contributed by atoms with Crippen LogP contribution in [0.3, 0.4) is 0 Å². The number of amides is 1. The molecule has 0 aliphatic heterocycles. The van der Waals surface area contributed by atoms with Gasteiger partial charge in [0.25, 0.3) is 0 Å². The van der Waals surface area contributed by atoms with E-state index in [0.717, 1.165) is 0 Å². The van der Waals surface area contributed by atoms with Crippen LogP contribution in [0, 0.1) is 0 Å². The molecular weight excluding hydrogens is 296 g/mol. The summed E-state index contributed by atoms with van der Waals surface area (Å²) < 4.78 is 5.22. The van der Waals surface area contributed by atoms with Crippen LogP contribution >= 0.6 is 11.8 Å². The first-order valence-electron chi connectivity index (χ1n) is 7.58. The third-order valence-corrected chi connectivity index (χ3v) is 3.85. The van der Waals surface area contributed by atoms with Crippen molar-refractivity contribution in [1.82, 2.24) is 10.6 Å². The van der Waals surface area contributed by atoms with Crippen molar-refractivity contribution in [1.29, 1.82) is 0 Å². The number of benzene rings is 1. The van der Waals surface area contributed by atoms with Gasteiger partial charge in [0.15, 0.2) is 0 Å². The second kappa shape index (κ2) is 8.44. The maximum atomic E-state index is 11.6. The summed E-state index contributed by atoms with van der Waals surface area (Å²) in [7, 11) is 0. The molecule has 5 heteroatoms. The minimum absolute atomic E-state index is 0.155. The molecule has 0 aliphatic rings. The van der Waals surface area contributed by atoms with Crippen LogP contribution < -0.4 is 10.6 Å². The monoisotopic (exact) mass is 324 g/mol. The number of rotatable bonds is 6. The van der Waals surface area contributed by atoms with Gasteiger partial charge in [0.2, 0.25) is 0 Å². The molecule has 124 valence electrons. The highest BCUT2D eigenvalue weighted by Gasteiger charge is 2.17. The summed E-state index contributed by atoms with van der Waals surface area (Å²) in [4.78, 5) is 12.9. The lowest BCUT2D eigenvalue weighted by Crippen LogP contribution is -2.41. The molecule has 0 saturated carbocycles. The van der Waals surface area contributed by atoms with Gasteiger partial charge >= 0.3 is 6.09 Å². The summed E-state index contributed by atoms with van der Waals surface area (Å²) in [6, 6.07) is 8.91. The molecular formula is C17H28N2O2S. The van der Waals surface area contributed by atoms with Crippen LogP contribution in [0.25, 0.3) is 0 Å². The van der Waals surface area contributed by atoms with E-state index < -0.39 is 5.60 Å². The molecule has 1 aromatic carbocycles. The predicted molar refractivity (Wildman–Crippen MR) is 93.5 cm³/mol. The SMILES string of the molecule is CSc1ccc(C(C)NC(C)CNC(=O)OC(C)(C)C)cc1. The van der Waals surface area contributed by atoms with Crippen LogP contribution in [0.5, 0.6) is 0 Å². The summed E-state index contributed by atoms with van der Waals surface area (Å²) in [5, 5.41) is 6.26. The average molecular weight is 324 g/mol. The topological polar surface area (TPSA) is 50.4 Å². The lowest BCUT2D eigenvalue weighted by atomic mass is 10.1. The zero-order valence-corrected chi connectivity index (χ0v) is 15.2. The fraction of sp³-hybridized carbons (Fsp3) is 0.588. The zero-order chi connectivity index (χ0) is 16.8. The van der Waals surface area contributed by atoms with Crippen LogP contribution in [0.2, 0.25) is 0 Å². The normalized spacial score (nSPS) is 14.3. The van der Waals surface area contributed by atoms with Crippen LogP contribution in [-0.4, -0.2) is 30.5 Å². The highest BCUT2D eigenvalue weighted by Crippen LogP contribution is 2.19. The number of alkyl carbamates (subject to hydrolysis) is 1. The van der Waals surface area contributed by atoms with E-state index in [1.165, 1.54) is 10.5 Å². The lowest BCUT2D eigenvalue weighted by molar-refractivity contribution is 0.0522. The third-order valence-electron chi connectivity index (χ3n) is 3.10. The van der Waals surface area contributed by atoms with E-state index in [2.05, 4.69) is 48.1 Å². The molecule has 0 heterocycles. The summed E-state index contributed by atoms with van der Waals surface area (Å²) >= 11 is 1.74. The Morgan fingerprint density at radius 1 is 1.23 bits per heavy atom. The Hall–Kier alpha value is -1.20. The molecule has 4 nitrogen and oxygen atoms in total. The third kappa shape index (κ3) is 7.18. The lowest BCUT2D eigenvalue weighted by Gasteiger charge is -2.23. The van der Waals surface area contributed by atoms with Crippen molar-refractivity contribution < 1.29 is 9.53 Å². The van der Waals surface area contributed by atoms with Crippen LogP contribution in [0.1, 0.15) is 46.2 Å². The molecule has 1 rings (SSSR count). The quantitative estimate of drug-likeness (QED) is 0.777. The number of carbonyl (C=O) groups excluding carboxylic acids is 1. The van der Waals surface area contributed by atoms with E-state index in [1.807, 2.05) is 27.7 Å². The van der Waals surface area contributed by atoms with E-state index in [-0.39, 0.29) is 18.2 Å². The Morgan fingerprint density at radius 2 is 1.82 bits per heavy atom. The maximum absolute atomic E-state index is 11.6. The number of carbonyl (C=O) groups is 1. The Labute approximate surface area is 138 Å². The van der Waals surface area contributed by atoms with Crippen molar-refractivity contribution in [3.8, 4) is 0 Å². The number of hydrogen-bond donors (Lipinski definition) is 2. The molecule has 0 saturated heterocycles. The Balaban J connectivity index is 2.40. The number of hydrogen-bond acceptors (Lipinski definition) is 4. The summed E-state index contributed by atoms with van der Waals surface area (Å²) in [5.41, 5.74) is 0.773. The van der Waals surface area contributed by atoms with Gasteiger partial charge in [0.1, 0.15) is 5.60 Å². The van der Waals surface area contributed by atoms with Gasteiger partial charge in [-0.2, -0.15) is 0 Å². The Morgan fingerprint density at radius 3 is 2.32 bits per heavy atom. The minimum atomic E-state index is -0.465. The van der Waals surface area contributed by atoms with E-state index >= 15 is 0 Å². The summed E-state index contributed by atoms with van der Waals surface area (Å²) in [5.74, 6) is 0. The fourth-order valence-corrected chi connectivity index (χ4v) is 2.43. The Bertz CT molecular complexity index is 469. The first-order chi connectivity index (χ1) is 10.2. The van der Waals surface area contributed by atoms with Crippen molar-refractivity contribution >= 4 is 17.9 Å². The highest BCUT2D eigenvalue weighted by atomic mass is 32.2. The summed E-state index contributed by atoms with van der Waals surface area (Å²) in [6.45, 7) is 10.3. The van der Waals surface area contributed by atoms with E-state index in [0.29, 0.717) is 6.54 Å². The van der Waals surface area contributed by atoms with Gasteiger partial charge in [-0.05, 0) is 58.6 Å². The smallest absolute Gasteiger partial charge is 0.407 e. The molecule has 0 spiro atoms. The first kappa shape index (κ1) is 18.8. The van der Waals surface area contributed by atoms with Gasteiger partial charge in [-0.1, -0.05) is 12.1 Å². The molecule has 22 heavy (non-hydrogen) atoms. The second-order valence-electron chi connectivity index (χ2n) is 6.45. The largest absolute Gasteiger partial charge is 0.444 e. The minimum Gasteiger partial charge on any atom is -0.444 e. The van der Waals surface area contributed by atoms with Crippen molar-refractivity contribution in [2.75, 3.05) is 12.8 Å². The van der Waals surface area contributed by atoms with Gasteiger partial charge in [0.05, 0.1) is 0 Å². The fourth-order valence-electron chi connectivity index (χ4n) is 2.03. The van der Waals surface area contributed by atoms with E-state index in [1.54, 1.807) is 11.8 Å². The van der Waals surface area contributed by atoms with Gasteiger partial charge < -0.3 is 15.4 Å². The summed E-state index contributed by atoms with van der Waals surface area (Å²) in [6.07, 6.45) is 1.69. The molecule has 2 atom stereocenters.